The third-order valence-corrected chi connectivity index (χ3v) is 4.43. The molecule has 0 heterocycles. The van der Waals surface area contributed by atoms with Gasteiger partial charge >= 0.3 is 5.97 Å². The maximum atomic E-state index is 11.4. The summed E-state index contributed by atoms with van der Waals surface area (Å²) in [5.74, 6) is 0.803. The zero-order valence-corrected chi connectivity index (χ0v) is 10.6. The molecule has 2 aliphatic rings. The van der Waals surface area contributed by atoms with Crippen molar-refractivity contribution in [1.82, 2.24) is 5.32 Å². The van der Waals surface area contributed by atoms with Crippen LogP contribution in [0.4, 0.5) is 0 Å². The second-order valence-corrected chi connectivity index (χ2v) is 5.62. The number of nitrogens with one attached hydrogen (secondary N) is 1. The Kier molecular flexibility index (Phi) is 3.24. The Hall–Kier alpha value is -0.570. The maximum absolute atomic E-state index is 11.4. The molecular weight excluding hydrogens is 202 g/mol. The van der Waals surface area contributed by atoms with Crippen LogP contribution in [0.3, 0.4) is 0 Å². The van der Waals surface area contributed by atoms with Crippen molar-refractivity contribution in [3.05, 3.63) is 0 Å². The molecule has 3 heteroatoms. The molecule has 0 bridgehead atoms. The first-order valence-electron chi connectivity index (χ1n) is 6.40. The lowest BCUT2D eigenvalue weighted by Crippen LogP contribution is -2.40. The number of rotatable bonds is 6. The van der Waals surface area contributed by atoms with Crippen LogP contribution in [-0.4, -0.2) is 25.7 Å². The van der Waals surface area contributed by atoms with Crippen molar-refractivity contribution < 1.29 is 9.53 Å². The number of methoxy groups -OCH3 is 1. The molecule has 0 radical (unpaired) electrons. The van der Waals surface area contributed by atoms with Gasteiger partial charge in [0.15, 0.2) is 0 Å². The van der Waals surface area contributed by atoms with Crippen LogP contribution in [-0.2, 0) is 9.53 Å². The summed E-state index contributed by atoms with van der Waals surface area (Å²) in [7, 11) is 1.46. The van der Waals surface area contributed by atoms with Crippen molar-refractivity contribution in [3.8, 4) is 0 Å². The van der Waals surface area contributed by atoms with Gasteiger partial charge in [-0.25, -0.2) is 0 Å². The summed E-state index contributed by atoms with van der Waals surface area (Å²) in [6, 6.07) is 0.212. The van der Waals surface area contributed by atoms with Crippen LogP contribution >= 0.6 is 0 Å². The smallest absolute Gasteiger partial charge is 0.309 e. The number of hydrogen-bond donors (Lipinski definition) is 1. The molecule has 0 spiro atoms. The van der Waals surface area contributed by atoms with Crippen molar-refractivity contribution in [2.75, 3.05) is 13.7 Å². The molecule has 1 N–H and O–H groups in total. The van der Waals surface area contributed by atoms with E-state index < -0.39 is 0 Å². The molecule has 16 heavy (non-hydrogen) atoms. The number of carbonyl (C=O) groups excluding carboxylic acids is 1. The van der Waals surface area contributed by atoms with Crippen molar-refractivity contribution in [2.24, 2.45) is 17.3 Å². The summed E-state index contributed by atoms with van der Waals surface area (Å²) in [6.07, 6.45) is 5.60. The average molecular weight is 225 g/mol. The summed E-state index contributed by atoms with van der Waals surface area (Å²) >= 11 is 0. The second kappa shape index (κ2) is 4.36. The predicted molar refractivity (Wildman–Crippen MR) is 63.0 cm³/mol. The summed E-state index contributed by atoms with van der Waals surface area (Å²) in [4.78, 5) is 11.4. The molecule has 2 unspecified atom stereocenters. The Morgan fingerprint density at radius 1 is 1.44 bits per heavy atom. The standard InChI is InChI=1S/C13H23NO2/c1-9(12(15)16-3)10(2)14-8-13(6-7-13)11-4-5-11/h9-11,14H,4-8H2,1-3H3. The minimum absolute atomic E-state index is 0.0556. The van der Waals surface area contributed by atoms with Crippen molar-refractivity contribution >= 4 is 5.97 Å². The zero-order chi connectivity index (χ0) is 11.8. The number of esters is 1. The highest BCUT2D eigenvalue weighted by molar-refractivity contribution is 5.72. The van der Waals surface area contributed by atoms with Crippen molar-refractivity contribution in [2.45, 2.75) is 45.6 Å². The van der Waals surface area contributed by atoms with Crippen LogP contribution in [0.5, 0.6) is 0 Å². The number of carbonyl (C=O) groups is 1. The fourth-order valence-corrected chi connectivity index (χ4v) is 2.52. The molecule has 0 aromatic heterocycles. The van der Waals surface area contributed by atoms with Gasteiger partial charge in [-0.2, -0.15) is 0 Å². The highest BCUT2D eigenvalue weighted by Crippen LogP contribution is 2.60. The number of ether oxygens (including phenoxy) is 1. The maximum Gasteiger partial charge on any atom is 0.309 e. The van der Waals surface area contributed by atoms with Gasteiger partial charge in [0.25, 0.3) is 0 Å². The molecule has 2 aliphatic carbocycles. The van der Waals surface area contributed by atoms with E-state index in [1.165, 1.54) is 32.8 Å². The quantitative estimate of drug-likeness (QED) is 0.702. The molecule has 92 valence electrons. The Morgan fingerprint density at radius 2 is 2.06 bits per heavy atom. The van der Waals surface area contributed by atoms with Crippen LogP contribution in [0, 0.1) is 17.3 Å². The Bertz CT molecular complexity index is 269. The van der Waals surface area contributed by atoms with Gasteiger partial charge in [-0.1, -0.05) is 6.92 Å². The zero-order valence-electron chi connectivity index (χ0n) is 10.6. The third kappa shape index (κ3) is 2.40. The van der Waals surface area contributed by atoms with E-state index in [1.807, 2.05) is 6.92 Å². The van der Waals surface area contributed by atoms with Crippen LogP contribution < -0.4 is 5.32 Å². The van der Waals surface area contributed by atoms with E-state index in [4.69, 9.17) is 4.74 Å². The van der Waals surface area contributed by atoms with Gasteiger partial charge in [0.2, 0.25) is 0 Å². The van der Waals surface area contributed by atoms with Crippen LogP contribution in [0.2, 0.25) is 0 Å². The van der Waals surface area contributed by atoms with E-state index in [2.05, 4.69) is 12.2 Å². The lowest BCUT2D eigenvalue weighted by molar-refractivity contribution is -0.145. The summed E-state index contributed by atoms with van der Waals surface area (Å²) in [5, 5.41) is 3.52. The second-order valence-electron chi connectivity index (χ2n) is 5.62. The van der Waals surface area contributed by atoms with E-state index >= 15 is 0 Å². The molecule has 0 saturated heterocycles. The molecule has 0 aliphatic heterocycles. The minimum atomic E-state index is -0.115. The van der Waals surface area contributed by atoms with Gasteiger partial charge in [-0.15, -0.1) is 0 Å². The first-order chi connectivity index (χ1) is 7.59. The molecular formula is C13H23NO2. The van der Waals surface area contributed by atoms with Gasteiger partial charge in [0, 0.05) is 12.6 Å². The molecule has 3 nitrogen and oxygen atoms in total. The highest BCUT2D eigenvalue weighted by Gasteiger charge is 2.53. The lowest BCUT2D eigenvalue weighted by atomic mass is 9.98. The van der Waals surface area contributed by atoms with E-state index in [9.17, 15) is 4.79 Å². The number of hydrogen-bond acceptors (Lipinski definition) is 3. The average Bonchev–Trinajstić information content (AvgIpc) is 3.15. The SMILES string of the molecule is COC(=O)C(C)C(C)NCC1(C2CC2)CC1. The Balaban J connectivity index is 1.74. The van der Waals surface area contributed by atoms with Crippen LogP contribution in [0.25, 0.3) is 0 Å². The fourth-order valence-electron chi connectivity index (χ4n) is 2.52. The van der Waals surface area contributed by atoms with E-state index in [1.54, 1.807) is 0 Å². The van der Waals surface area contributed by atoms with E-state index in [-0.39, 0.29) is 17.9 Å². The molecule has 2 atom stereocenters. The molecule has 0 aromatic rings. The van der Waals surface area contributed by atoms with Gasteiger partial charge in [0.05, 0.1) is 13.0 Å². The van der Waals surface area contributed by atoms with Crippen LogP contribution in [0.1, 0.15) is 39.5 Å². The molecule has 2 fully saturated rings. The summed E-state index contributed by atoms with van der Waals surface area (Å²) in [5.41, 5.74) is 0.601. The van der Waals surface area contributed by atoms with E-state index in [0.29, 0.717) is 5.41 Å². The molecule has 0 aromatic carbocycles. The normalized spacial score (nSPS) is 25.9. The first-order valence-corrected chi connectivity index (χ1v) is 6.40. The third-order valence-electron chi connectivity index (χ3n) is 4.43. The van der Waals surface area contributed by atoms with Crippen molar-refractivity contribution in [1.29, 1.82) is 0 Å². The molecule has 2 saturated carbocycles. The molecule has 0 amide bonds. The van der Waals surface area contributed by atoms with Gasteiger partial charge < -0.3 is 10.1 Å². The largest absolute Gasteiger partial charge is 0.469 e. The first kappa shape index (κ1) is 11.9. The lowest BCUT2D eigenvalue weighted by Gasteiger charge is -2.23. The summed E-state index contributed by atoms with van der Waals surface area (Å²) in [6.45, 7) is 5.09. The Morgan fingerprint density at radius 3 is 2.50 bits per heavy atom. The Labute approximate surface area is 97.9 Å². The molecule has 2 rings (SSSR count). The minimum Gasteiger partial charge on any atom is -0.469 e. The van der Waals surface area contributed by atoms with Gasteiger partial charge in [-0.3, -0.25) is 4.79 Å². The topological polar surface area (TPSA) is 38.3 Å². The van der Waals surface area contributed by atoms with E-state index in [0.717, 1.165) is 12.5 Å². The van der Waals surface area contributed by atoms with Gasteiger partial charge in [-0.05, 0) is 43.9 Å². The van der Waals surface area contributed by atoms with Gasteiger partial charge in [0.1, 0.15) is 0 Å². The summed E-state index contributed by atoms with van der Waals surface area (Å²) < 4.78 is 4.76. The monoisotopic (exact) mass is 225 g/mol. The van der Waals surface area contributed by atoms with Crippen molar-refractivity contribution in [3.63, 3.8) is 0 Å². The fraction of sp³-hybridized carbons (Fsp3) is 0.923. The van der Waals surface area contributed by atoms with Crippen LogP contribution in [0.15, 0.2) is 0 Å². The predicted octanol–water partition coefficient (Wildman–Crippen LogP) is 1.96. The highest BCUT2D eigenvalue weighted by atomic mass is 16.5.